The van der Waals surface area contributed by atoms with E-state index in [9.17, 15) is 0 Å². The summed E-state index contributed by atoms with van der Waals surface area (Å²) in [5, 5.41) is 0. The van der Waals surface area contributed by atoms with Crippen molar-refractivity contribution >= 4 is 0 Å². The number of allylic oxidation sites excluding steroid dienone is 1. The zero-order chi connectivity index (χ0) is 9.52. The minimum Gasteiger partial charge on any atom is -0.0770 e. The molecule has 13 heavy (non-hydrogen) atoms. The Balaban J connectivity index is 2.61. The van der Waals surface area contributed by atoms with Gasteiger partial charge in [0, 0.05) is 5.92 Å². The van der Waals surface area contributed by atoms with Crippen molar-refractivity contribution in [2.75, 3.05) is 0 Å². The molecule has 0 amide bonds. The molecular weight excluding hydrogens is 156 g/mol. The summed E-state index contributed by atoms with van der Waals surface area (Å²) in [6.07, 6.45) is 5.45. The number of hydrogen-bond donors (Lipinski definition) is 0. The molecule has 1 aromatic rings. The van der Waals surface area contributed by atoms with Gasteiger partial charge in [-0.25, -0.2) is 0 Å². The van der Waals surface area contributed by atoms with Gasteiger partial charge >= 0.3 is 0 Å². The number of benzene rings is 1. The molecule has 1 rings (SSSR count). The number of unbranched alkanes of at least 4 members (excludes halogenated alkanes) is 1. The standard InChI is InChI=1S/C13H17/c1-3-5-9-12(4-2)13-10-7-6-8-11-13/h2,4,6-8,10-12H,3,5,9H2,1H3. The van der Waals surface area contributed by atoms with Crippen LogP contribution in [-0.4, -0.2) is 0 Å². The molecule has 0 N–H and O–H groups in total. The molecule has 0 heteroatoms. The highest BCUT2D eigenvalue weighted by Crippen LogP contribution is 2.22. The van der Waals surface area contributed by atoms with Crippen molar-refractivity contribution in [3.05, 3.63) is 48.6 Å². The lowest BCUT2D eigenvalue weighted by Gasteiger charge is -2.11. The highest BCUT2D eigenvalue weighted by atomic mass is 14.1. The predicted octanol–water partition coefficient (Wildman–Crippen LogP) is 3.95. The molecule has 0 saturated heterocycles. The highest BCUT2D eigenvalue weighted by molar-refractivity contribution is 5.22. The van der Waals surface area contributed by atoms with Gasteiger partial charge in [0.15, 0.2) is 0 Å². The van der Waals surface area contributed by atoms with E-state index in [2.05, 4.69) is 31.2 Å². The van der Waals surface area contributed by atoms with E-state index in [1.807, 2.05) is 12.1 Å². The monoisotopic (exact) mass is 173 g/mol. The molecule has 1 aromatic carbocycles. The van der Waals surface area contributed by atoms with Gasteiger partial charge in [-0.1, -0.05) is 62.8 Å². The van der Waals surface area contributed by atoms with E-state index in [1.54, 1.807) is 0 Å². The van der Waals surface area contributed by atoms with E-state index in [4.69, 9.17) is 6.58 Å². The smallest absolute Gasteiger partial charge is 0.00210 e. The summed E-state index contributed by atoms with van der Waals surface area (Å²) >= 11 is 0. The van der Waals surface area contributed by atoms with Crippen molar-refractivity contribution < 1.29 is 0 Å². The van der Waals surface area contributed by atoms with Gasteiger partial charge in [0.05, 0.1) is 0 Å². The Kier molecular flexibility index (Phi) is 4.31. The summed E-state index contributed by atoms with van der Waals surface area (Å²) in [7, 11) is 0. The summed E-state index contributed by atoms with van der Waals surface area (Å²) in [6, 6.07) is 10.5. The first-order chi connectivity index (χ1) is 6.38. The predicted molar refractivity (Wildman–Crippen MR) is 57.6 cm³/mol. The van der Waals surface area contributed by atoms with Gasteiger partial charge in [-0.05, 0) is 12.0 Å². The zero-order valence-corrected chi connectivity index (χ0v) is 8.24. The van der Waals surface area contributed by atoms with Crippen molar-refractivity contribution in [2.24, 2.45) is 0 Å². The molecule has 0 aliphatic carbocycles. The normalized spacial score (nSPS) is 12.4. The fourth-order valence-electron chi connectivity index (χ4n) is 1.50. The summed E-state index contributed by atoms with van der Waals surface area (Å²) in [4.78, 5) is 0. The Bertz CT molecular complexity index is 235. The second-order valence-electron chi connectivity index (χ2n) is 3.35. The second-order valence-corrected chi connectivity index (χ2v) is 3.35. The van der Waals surface area contributed by atoms with E-state index in [-0.39, 0.29) is 0 Å². The van der Waals surface area contributed by atoms with Crippen molar-refractivity contribution in [1.82, 2.24) is 0 Å². The molecule has 1 radical (unpaired) electrons. The molecule has 0 aliphatic rings. The van der Waals surface area contributed by atoms with Crippen LogP contribution in [-0.2, 0) is 0 Å². The molecule has 0 aliphatic heterocycles. The van der Waals surface area contributed by atoms with E-state index >= 15 is 0 Å². The Morgan fingerprint density at radius 2 is 2.00 bits per heavy atom. The van der Waals surface area contributed by atoms with Crippen LogP contribution >= 0.6 is 0 Å². The van der Waals surface area contributed by atoms with Gasteiger partial charge in [-0.15, -0.1) is 0 Å². The highest BCUT2D eigenvalue weighted by Gasteiger charge is 2.04. The van der Waals surface area contributed by atoms with Crippen LogP contribution in [0.25, 0.3) is 0 Å². The molecule has 69 valence electrons. The maximum Gasteiger partial charge on any atom is 0.00210 e. The summed E-state index contributed by atoms with van der Waals surface area (Å²) < 4.78 is 0. The molecular formula is C13H17. The maximum atomic E-state index is 5.62. The molecule has 1 unspecified atom stereocenters. The molecule has 0 aromatic heterocycles. The summed E-state index contributed by atoms with van der Waals surface area (Å²) in [5.74, 6) is 0.432. The fourth-order valence-corrected chi connectivity index (χ4v) is 1.50. The summed E-state index contributed by atoms with van der Waals surface area (Å²) in [6.45, 7) is 7.83. The van der Waals surface area contributed by atoms with E-state index in [1.165, 1.54) is 18.4 Å². The number of hydrogen-bond acceptors (Lipinski definition) is 0. The van der Waals surface area contributed by atoms with Crippen LogP contribution in [0.4, 0.5) is 0 Å². The molecule has 0 nitrogen and oxygen atoms in total. The van der Waals surface area contributed by atoms with Crippen molar-refractivity contribution in [3.8, 4) is 0 Å². The minimum atomic E-state index is 0.432. The maximum absolute atomic E-state index is 5.62. The lowest BCUT2D eigenvalue weighted by atomic mass is 9.94. The van der Waals surface area contributed by atoms with Crippen molar-refractivity contribution in [1.29, 1.82) is 0 Å². The third-order valence-corrected chi connectivity index (χ3v) is 2.33. The van der Waals surface area contributed by atoms with Gasteiger partial charge < -0.3 is 0 Å². The third-order valence-electron chi connectivity index (χ3n) is 2.33. The Hall–Kier alpha value is -1.04. The van der Waals surface area contributed by atoms with Crippen LogP contribution in [0, 0.1) is 6.58 Å². The molecule has 0 saturated carbocycles. The van der Waals surface area contributed by atoms with Crippen LogP contribution in [0.1, 0.15) is 37.7 Å². The Morgan fingerprint density at radius 1 is 1.31 bits per heavy atom. The Morgan fingerprint density at radius 3 is 2.54 bits per heavy atom. The average Bonchev–Trinajstić information content (AvgIpc) is 2.21. The van der Waals surface area contributed by atoms with Gasteiger partial charge in [-0.2, -0.15) is 0 Å². The second kappa shape index (κ2) is 5.58. The molecule has 0 fully saturated rings. The van der Waals surface area contributed by atoms with Crippen LogP contribution < -0.4 is 0 Å². The first kappa shape index (κ1) is 10.0. The van der Waals surface area contributed by atoms with Gasteiger partial charge in [0.25, 0.3) is 0 Å². The minimum absolute atomic E-state index is 0.432. The Labute approximate surface area is 81.3 Å². The van der Waals surface area contributed by atoms with Crippen LogP contribution in [0.15, 0.2) is 36.4 Å². The zero-order valence-electron chi connectivity index (χ0n) is 8.24. The van der Waals surface area contributed by atoms with Crippen molar-refractivity contribution in [3.63, 3.8) is 0 Å². The average molecular weight is 173 g/mol. The quantitative estimate of drug-likeness (QED) is 0.632. The summed E-state index contributed by atoms with van der Waals surface area (Å²) in [5.41, 5.74) is 1.33. The van der Waals surface area contributed by atoms with Gasteiger partial charge in [0.2, 0.25) is 0 Å². The number of rotatable bonds is 5. The molecule has 0 bridgehead atoms. The van der Waals surface area contributed by atoms with Crippen LogP contribution in [0.5, 0.6) is 0 Å². The molecule has 1 atom stereocenters. The third kappa shape index (κ3) is 3.06. The first-order valence-electron chi connectivity index (χ1n) is 4.98. The van der Waals surface area contributed by atoms with Crippen molar-refractivity contribution in [2.45, 2.75) is 32.1 Å². The largest absolute Gasteiger partial charge is 0.0770 e. The first-order valence-corrected chi connectivity index (χ1v) is 4.98. The van der Waals surface area contributed by atoms with Gasteiger partial charge in [-0.3, -0.25) is 0 Å². The van der Waals surface area contributed by atoms with Crippen LogP contribution in [0.3, 0.4) is 0 Å². The topological polar surface area (TPSA) is 0 Å². The lowest BCUT2D eigenvalue weighted by Crippen LogP contribution is -1.93. The SMILES string of the molecule is [CH]=CC(CCCC)c1ccccc1. The van der Waals surface area contributed by atoms with Gasteiger partial charge in [0.1, 0.15) is 0 Å². The van der Waals surface area contributed by atoms with Crippen LogP contribution in [0.2, 0.25) is 0 Å². The molecule has 0 spiro atoms. The molecule has 0 heterocycles. The van der Waals surface area contributed by atoms with E-state index in [0.717, 1.165) is 6.42 Å². The van der Waals surface area contributed by atoms with E-state index in [0.29, 0.717) is 5.92 Å². The lowest BCUT2D eigenvalue weighted by molar-refractivity contribution is 0.664. The van der Waals surface area contributed by atoms with E-state index < -0.39 is 0 Å². The fraction of sp³-hybridized carbons (Fsp3) is 0.385.